The van der Waals surface area contributed by atoms with Crippen LogP contribution in [0.1, 0.15) is 43.7 Å². The Labute approximate surface area is 226 Å². The highest BCUT2D eigenvalue weighted by Crippen LogP contribution is 2.21. The Morgan fingerprint density at radius 3 is 2.37 bits per heavy atom. The van der Waals surface area contributed by atoms with Gasteiger partial charge in [0.25, 0.3) is 0 Å². The molecule has 0 unspecified atom stereocenters. The Morgan fingerprint density at radius 2 is 1.66 bits per heavy atom. The highest BCUT2D eigenvalue weighted by molar-refractivity contribution is 5.76. The summed E-state index contributed by atoms with van der Waals surface area (Å²) in [7, 11) is 0. The van der Waals surface area contributed by atoms with Crippen LogP contribution < -0.4 is 9.47 Å². The fourth-order valence-corrected chi connectivity index (χ4v) is 5.08. The van der Waals surface area contributed by atoms with Gasteiger partial charge < -0.3 is 24.4 Å². The van der Waals surface area contributed by atoms with Gasteiger partial charge in [-0.25, -0.2) is 0 Å². The lowest BCUT2D eigenvalue weighted by atomic mass is 10.0. The molecule has 1 atom stereocenters. The minimum absolute atomic E-state index is 0.0493. The monoisotopic (exact) mass is 523 g/mol. The Kier molecular flexibility index (Phi) is 9.63. The van der Waals surface area contributed by atoms with E-state index in [1.807, 2.05) is 60.4 Å². The highest BCUT2D eigenvalue weighted by atomic mass is 16.5. The van der Waals surface area contributed by atoms with Gasteiger partial charge in [-0.2, -0.15) is 0 Å². The predicted molar refractivity (Wildman–Crippen MR) is 146 cm³/mol. The third-order valence-corrected chi connectivity index (χ3v) is 7.26. The van der Waals surface area contributed by atoms with E-state index in [0.717, 1.165) is 49.2 Å². The Morgan fingerprint density at radius 1 is 0.947 bits per heavy atom. The van der Waals surface area contributed by atoms with Crippen molar-refractivity contribution in [2.45, 2.75) is 51.7 Å². The van der Waals surface area contributed by atoms with Crippen LogP contribution in [0.15, 0.2) is 48.5 Å². The first kappa shape index (κ1) is 27.9. The maximum absolute atomic E-state index is 12.2. The summed E-state index contributed by atoms with van der Waals surface area (Å²) < 4.78 is 11.8. The molecule has 2 saturated heterocycles. The van der Waals surface area contributed by atoms with E-state index in [2.05, 4.69) is 4.90 Å². The summed E-state index contributed by atoms with van der Waals surface area (Å²) in [5.41, 5.74) is 1.06. The zero-order chi connectivity index (χ0) is 27.0. The fraction of sp³-hybridized carbons (Fsp3) is 0.533. The van der Waals surface area contributed by atoms with Gasteiger partial charge in [-0.05, 0) is 56.0 Å². The van der Waals surface area contributed by atoms with Gasteiger partial charge in [-0.3, -0.25) is 14.5 Å². The van der Waals surface area contributed by atoms with Crippen molar-refractivity contribution in [2.75, 3.05) is 52.5 Å². The molecule has 2 amide bonds. The molecule has 0 aromatic heterocycles. The molecule has 2 fully saturated rings. The van der Waals surface area contributed by atoms with E-state index in [-0.39, 0.29) is 25.0 Å². The first-order chi connectivity index (χ1) is 18.3. The number of rotatable bonds is 10. The molecule has 2 heterocycles. The van der Waals surface area contributed by atoms with E-state index in [9.17, 15) is 14.7 Å². The number of carbonyl (C=O) groups excluding carboxylic acids is 2. The number of hydrogen-bond acceptors (Lipinski definition) is 6. The molecule has 2 aromatic rings. The van der Waals surface area contributed by atoms with Crippen LogP contribution in [-0.2, 0) is 16.1 Å². The van der Waals surface area contributed by atoms with Crippen molar-refractivity contribution in [3.05, 3.63) is 59.7 Å². The zero-order valence-electron chi connectivity index (χ0n) is 22.7. The van der Waals surface area contributed by atoms with Crippen LogP contribution in [0.3, 0.4) is 0 Å². The lowest BCUT2D eigenvalue weighted by Crippen LogP contribution is -2.51. The number of benzene rings is 2. The topological polar surface area (TPSA) is 82.6 Å². The number of β-amino-alcohol motifs (C(OH)–C–C–N with tert-alkyl or cyclic N) is 1. The Balaban J connectivity index is 1.29. The Bertz CT molecular complexity index is 1060. The van der Waals surface area contributed by atoms with Gasteiger partial charge in [-0.15, -0.1) is 0 Å². The van der Waals surface area contributed by atoms with Crippen LogP contribution in [0.2, 0.25) is 0 Å². The van der Waals surface area contributed by atoms with E-state index in [0.29, 0.717) is 45.0 Å². The molecule has 0 radical (unpaired) electrons. The molecule has 2 aromatic carbocycles. The number of aryl methyl sites for hydroxylation is 1. The zero-order valence-corrected chi connectivity index (χ0v) is 22.7. The van der Waals surface area contributed by atoms with Crippen LogP contribution in [0.5, 0.6) is 11.5 Å². The third kappa shape index (κ3) is 8.20. The van der Waals surface area contributed by atoms with Crippen LogP contribution in [0.4, 0.5) is 0 Å². The number of nitrogens with zero attached hydrogens (tertiary/aromatic N) is 3. The van der Waals surface area contributed by atoms with Crippen molar-refractivity contribution in [3.63, 3.8) is 0 Å². The molecule has 4 rings (SSSR count). The van der Waals surface area contributed by atoms with E-state index in [1.165, 1.54) is 0 Å². The number of likely N-dealkylation sites (tertiary alicyclic amines) is 1. The lowest BCUT2D eigenvalue weighted by Gasteiger charge is -2.32. The first-order valence-electron chi connectivity index (χ1n) is 13.7. The number of amides is 2. The smallest absolute Gasteiger partial charge is 0.222 e. The second kappa shape index (κ2) is 13.1. The lowest BCUT2D eigenvalue weighted by molar-refractivity contribution is -0.133. The summed E-state index contributed by atoms with van der Waals surface area (Å²) >= 11 is 0. The standard InChI is InChI=1S/C30H41N3O5/c1-24-7-11-28(12-8-24)38-23-30(36)21-31(17-18-33(22-30)25(2)34)20-26-9-13-27(14-10-26)37-19-5-16-32-15-4-3-6-29(32)35/h7-14,36H,3-6,15-23H2,1-2H3/t30-/m0/s1. The van der Waals surface area contributed by atoms with Crippen molar-refractivity contribution in [1.29, 1.82) is 0 Å². The molecule has 2 aliphatic rings. The molecular weight excluding hydrogens is 482 g/mol. The molecule has 0 bridgehead atoms. The normalized spacial score (nSPS) is 20.8. The minimum Gasteiger partial charge on any atom is -0.494 e. The fourth-order valence-electron chi connectivity index (χ4n) is 5.08. The summed E-state index contributed by atoms with van der Waals surface area (Å²) in [6, 6.07) is 15.8. The molecule has 38 heavy (non-hydrogen) atoms. The van der Waals surface area contributed by atoms with Gasteiger partial charge in [0.2, 0.25) is 11.8 Å². The van der Waals surface area contributed by atoms with Crippen molar-refractivity contribution in [1.82, 2.24) is 14.7 Å². The average Bonchev–Trinajstić information content (AvgIpc) is 3.07. The van der Waals surface area contributed by atoms with Gasteiger partial charge in [-0.1, -0.05) is 29.8 Å². The summed E-state index contributed by atoms with van der Waals surface area (Å²) in [6.45, 7) is 8.36. The van der Waals surface area contributed by atoms with Crippen molar-refractivity contribution >= 4 is 11.8 Å². The van der Waals surface area contributed by atoms with E-state index in [1.54, 1.807) is 11.8 Å². The van der Waals surface area contributed by atoms with Crippen LogP contribution in [0.25, 0.3) is 0 Å². The summed E-state index contributed by atoms with van der Waals surface area (Å²) in [5.74, 6) is 1.72. The summed E-state index contributed by atoms with van der Waals surface area (Å²) in [4.78, 5) is 29.9. The van der Waals surface area contributed by atoms with Crippen molar-refractivity contribution in [3.8, 4) is 11.5 Å². The minimum atomic E-state index is -1.19. The first-order valence-corrected chi connectivity index (χ1v) is 13.7. The molecule has 8 heteroatoms. The maximum Gasteiger partial charge on any atom is 0.222 e. The van der Waals surface area contributed by atoms with E-state index >= 15 is 0 Å². The van der Waals surface area contributed by atoms with E-state index < -0.39 is 5.60 Å². The summed E-state index contributed by atoms with van der Waals surface area (Å²) in [6.07, 6.45) is 3.58. The van der Waals surface area contributed by atoms with Crippen LogP contribution in [-0.4, -0.2) is 89.7 Å². The van der Waals surface area contributed by atoms with Gasteiger partial charge >= 0.3 is 0 Å². The van der Waals surface area contributed by atoms with Crippen LogP contribution in [0, 0.1) is 6.92 Å². The average molecular weight is 524 g/mol. The number of ether oxygens (including phenoxy) is 2. The highest BCUT2D eigenvalue weighted by Gasteiger charge is 2.36. The molecule has 0 spiro atoms. The largest absolute Gasteiger partial charge is 0.494 e. The second-order valence-corrected chi connectivity index (χ2v) is 10.7. The molecule has 2 aliphatic heterocycles. The molecule has 1 N–H and O–H groups in total. The molecule has 0 saturated carbocycles. The van der Waals surface area contributed by atoms with Gasteiger partial charge in [0, 0.05) is 52.6 Å². The molecule has 8 nitrogen and oxygen atoms in total. The second-order valence-electron chi connectivity index (χ2n) is 10.7. The predicted octanol–water partition coefficient (Wildman–Crippen LogP) is 3.25. The molecule has 206 valence electrons. The SMILES string of the molecule is CC(=O)N1CCN(Cc2ccc(OCCCN3CCCCC3=O)cc2)C[C@@](O)(COc2ccc(C)cc2)C1. The number of carbonyl (C=O) groups is 2. The molecule has 0 aliphatic carbocycles. The van der Waals surface area contributed by atoms with Crippen LogP contribution >= 0.6 is 0 Å². The number of piperidine rings is 1. The molecular formula is C30H41N3O5. The van der Waals surface area contributed by atoms with Gasteiger partial charge in [0.15, 0.2) is 0 Å². The quantitative estimate of drug-likeness (QED) is 0.482. The van der Waals surface area contributed by atoms with Gasteiger partial charge in [0.1, 0.15) is 23.7 Å². The number of hydrogen-bond donors (Lipinski definition) is 1. The Hall–Kier alpha value is -3.10. The maximum atomic E-state index is 12.2. The van der Waals surface area contributed by atoms with Crippen molar-refractivity contribution < 1.29 is 24.2 Å². The van der Waals surface area contributed by atoms with Crippen molar-refractivity contribution in [2.24, 2.45) is 0 Å². The van der Waals surface area contributed by atoms with Gasteiger partial charge in [0.05, 0.1) is 13.2 Å². The van der Waals surface area contributed by atoms with E-state index in [4.69, 9.17) is 9.47 Å². The summed E-state index contributed by atoms with van der Waals surface area (Å²) in [5, 5.41) is 11.5. The number of aliphatic hydroxyl groups is 1. The third-order valence-electron chi connectivity index (χ3n) is 7.26.